The quantitative estimate of drug-likeness (QED) is 0.874. The number of rotatable bonds is 4. The van der Waals surface area contributed by atoms with Crippen molar-refractivity contribution in [2.24, 2.45) is 5.73 Å². The van der Waals surface area contributed by atoms with E-state index in [-0.39, 0.29) is 23.9 Å². The number of carbonyl (C=O) groups excluding carboxylic acids is 2. The van der Waals surface area contributed by atoms with E-state index in [2.05, 4.69) is 5.32 Å². The first-order chi connectivity index (χ1) is 10.1. The molecule has 0 saturated carbocycles. The van der Waals surface area contributed by atoms with Gasteiger partial charge in [-0.2, -0.15) is 0 Å². The fraction of sp³-hybridized carbons (Fsp3) is 0.500. The first-order valence-electron chi connectivity index (χ1n) is 7.41. The molecule has 2 amide bonds. The average molecular weight is 289 g/mol. The standard InChI is InChI=1S/C16H23N3O2/c1-12(20)18-14-8-5-9-19(11-14)16(21)10-15(17)13-6-3-2-4-7-13/h2-4,6-7,14-15H,5,8-11,17H2,1H3,(H,18,20). The van der Waals surface area contributed by atoms with Crippen LogP contribution in [0.15, 0.2) is 30.3 Å². The molecule has 1 aromatic rings. The Labute approximate surface area is 125 Å². The van der Waals surface area contributed by atoms with Crippen LogP contribution in [0.4, 0.5) is 0 Å². The van der Waals surface area contributed by atoms with Crippen molar-refractivity contribution in [3.63, 3.8) is 0 Å². The van der Waals surface area contributed by atoms with E-state index in [0.717, 1.165) is 24.9 Å². The van der Waals surface area contributed by atoms with Crippen molar-refractivity contribution >= 4 is 11.8 Å². The van der Waals surface area contributed by atoms with Gasteiger partial charge in [-0.25, -0.2) is 0 Å². The van der Waals surface area contributed by atoms with E-state index in [4.69, 9.17) is 5.73 Å². The maximum absolute atomic E-state index is 12.3. The van der Waals surface area contributed by atoms with Crippen molar-refractivity contribution in [3.05, 3.63) is 35.9 Å². The highest BCUT2D eigenvalue weighted by Crippen LogP contribution is 2.17. The predicted octanol–water partition coefficient (Wildman–Crippen LogP) is 1.20. The lowest BCUT2D eigenvalue weighted by atomic mass is 10.0. The monoisotopic (exact) mass is 289 g/mol. The summed E-state index contributed by atoms with van der Waals surface area (Å²) in [6.45, 7) is 2.84. The van der Waals surface area contributed by atoms with Gasteiger partial charge in [0.1, 0.15) is 0 Å². The zero-order valence-electron chi connectivity index (χ0n) is 12.4. The third-order valence-electron chi connectivity index (χ3n) is 3.80. The Balaban J connectivity index is 1.89. The van der Waals surface area contributed by atoms with Crippen LogP contribution in [0.25, 0.3) is 0 Å². The number of likely N-dealkylation sites (tertiary alicyclic amines) is 1. The van der Waals surface area contributed by atoms with Crippen molar-refractivity contribution in [2.75, 3.05) is 13.1 Å². The summed E-state index contributed by atoms with van der Waals surface area (Å²) < 4.78 is 0. The van der Waals surface area contributed by atoms with Crippen LogP contribution in [0.3, 0.4) is 0 Å². The molecule has 0 bridgehead atoms. The first kappa shape index (κ1) is 15.5. The number of nitrogens with two attached hydrogens (primary N) is 1. The maximum atomic E-state index is 12.3. The maximum Gasteiger partial charge on any atom is 0.224 e. The Morgan fingerprint density at radius 3 is 2.76 bits per heavy atom. The third-order valence-corrected chi connectivity index (χ3v) is 3.80. The molecule has 3 N–H and O–H groups in total. The molecule has 0 radical (unpaired) electrons. The number of piperidine rings is 1. The zero-order chi connectivity index (χ0) is 15.2. The lowest BCUT2D eigenvalue weighted by molar-refractivity contribution is -0.133. The molecule has 1 aliphatic rings. The molecule has 0 spiro atoms. The molecule has 2 unspecified atom stereocenters. The van der Waals surface area contributed by atoms with Crippen LogP contribution in [-0.4, -0.2) is 35.8 Å². The largest absolute Gasteiger partial charge is 0.352 e. The fourth-order valence-corrected chi connectivity index (χ4v) is 2.74. The Morgan fingerprint density at radius 2 is 2.10 bits per heavy atom. The van der Waals surface area contributed by atoms with Crippen molar-refractivity contribution < 1.29 is 9.59 Å². The van der Waals surface area contributed by atoms with E-state index in [1.807, 2.05) is 35.2 Å². The Kier molecular flexibility index (Phi) is 5.33. The van der Waals surface area contributed by atoms with Gasteiger partial charge in [0.25, 0.3) is 0 Å². The van der Waals surface area contributed by atoms with Gasteiger partial charge in [0.2, 0.25) is 11.8 Å². The van der Waals surface area contributed by atoms with Gasteiger partial charge in [-0.3, -0.25) is 9.59 Å². The summed E-state index contributed by atoms with van der Waals surface area (Å²) in [5.41, 5.74) is 7.07. The van der Waals surface area contributed by atoms with Crippen LogP contribution < -0.4 is 11.1 Å². The molecule has 5 heteroatoms. The summed E-state index contributed by atoms with van der Waals surface area (Å²) in [5.74, 6) is 0.0108. The SMILES string of the molecule is CC(=O)NC1CCCN(C(=O)CC(N)c2ccccc2)C1. The van der Waals surface area contributed by atoms with E-state index in [0.29, 0.717) is 13.0 Å². The minimum atomic E-state index is -0.278. The minimum absolute atomic E-state index is 0.0460. The zero-order valence-corrected chi connectivity index (χ0v) is 12.4. The molecule has 1 aromatic carbocycles. The first-order valence-corrected chi connectivity index (χ1v) is 7.41. The second-order valence-corrected chi connectivity index (χ2v) is 5.60. The highest BCUT2D eigenvalue weighted by Gasteiger charge is 2.25. The lowest BCUT2D eigenvalue weighted by Crippen LogP contribution is -2.49. The number of hydrogen-bond acceptors (Lipinski definition) is 3. The number of hydrogen-bond donors (Lipinski definition) is 2. The van der Waals surface area contributed by atoms with Crippen molar-refractivity contribution in [3.8, 4) is 0 Å². The second-order valence-electron chi connectivity index (χ2n) is 5.60. The summed E-state index contributed by atoms with van der Waals surface area (Å²) >= 11 is 0. The van der Waals surface area contributed by atoms with Gasteiger partial charge in [0.15, 0.2) is 0 Å². The molecule has 1 aliphatic heterocycles. The molecule has 5 nitrogen and oxygen atoms in total. The van der Waals surface area contributed by atoms with Gasteiger partial charge in [-0.05, 0) is 18.4 Å². The highest BCUT2D eigenvalue weighted by molar-refractivity contribution is 5.77. The average Bonchev–Trinajstić information content (AvgIpc) is 2.47. The molecule has 21 heavy (non-hydrogen) atoms. The lowest BCUT2D eigenvalue weighted by Gasteiger charge is -2.33. The Bertz CT molecular complexity index is 490. The highest BCUT2D eigenvalue weighted by atomic mass is 16.2. The number of nitrogens with zero attached hydrogens (tertiary/aromatic N) is 1. The normalized spacial score (nSPS) is 19.9. The molecule has 1 heterocycles. The molecule has 1 saturated heterocycles. The van der Waals surface area contributed by atoms with E-state index in [9.17, 15) is 9.59 Å². The third kappa shape index (κ3) is 4.56. The second kappa shape index (κ2) is 7.22. The van der Waals surface area contributed by atoms with Crippen LogP contribution in [-0.2, 0) is 9.59 Å². The summed E-state index contributed by atoms with van der Waals surface area (Å²) in [7, 11) is 0. The van der Waals surface area contributed by atoms with E-state index >= 15 is 0 Å². The summed E-state index contributed by atoms with van der Waals surface area (Å²) in [6, 6.07) is 9.44. The molecular weight excluding hydrogens is 266 g/mol. The van der Waals surface area contributed by atoms with Gasteiger partial charge in [0.05, 0.1) is 0 Å². The molecule has 2 atom stereocenters. The van der Waals surface area contributed by atoms with Crippen molar-refractivity contribution in [1.29, 1.82) is 0 Å². The molecule has 114 valence electrons. The van der Waals surface area contributed by atoms with E-state index in [1.165, 1.54) is 6.92 Å². The topological polar surface area (TPSA) is 75.4 Å². The Hall–Kier alpha value is -1.88. The van der Waals surface area contributed by atoms with Gasteiger partial charge in [-0.15, -0.1) is 0 Å². The molecular formula is C16H23N3O2. The van der Waals surface area contributed by atoms with Gasteiger partial charge in [0, 0.05) is 38.5 Å². The van der Waals surface area contributed by atoms with Gasteiger partial charge < -0.3 is 16.0 Å². The predicted molar refractivity (Wildman–Crippen MR) is 81.4 cm³/mol. The summed E-state index contributed by atoms with van der Waals surface area (Å²) in [4.78, 5) is 25.3. The van der Waals surface area contributed by atoms with Crippen LogP contribution in [0.2, 0.25) is 0 Å². The molecule has 0 aliphatic carbocycles. The fourth-order valence-electron chi connectivity index (χ4n) is 2.74. The summed E-state index contributed by atoms with van der Waals surface area (Å²) in [6.07, 6.45) is 2.14. The van der Waals surface area contributed by atoms with Gasteiger partial charge >= 0.3 is 0 Å². The number of benzene rings is 1. The molecule has 0 aromatic heterocycles. The van der Waals surface area contributed by atoms with E-state index < -0.39 is 0 Å². The van der Waals surface area contributed by atoms with Crippen LogP contribution in [0.5, 0.6) is 0 Å². The van der Waals surface area contributed by atoms with Crippen LogP contribution in [0, 0.1) is 0 Å². The summed E-state index contributed by atoms with van der Waals surface area (Å²) in [5, 5.41) is 2.89. The minimum Gasteiger partial charge on any atom is -0.352 e. The molecule has 1 fully saturated rings. The van der Waals surface area contributed by atoms with Gasteiger partial charge in [-0.1, -0.05) is 30.3 Å². The van der Waals surface area contributed by atoms with Crippen molar-refractivity contribution in [2.45, 2.75) is 38.3 Å². The van der Waals surface area contributed by atoms with Crippen LogP contribution in [0.1, 0.15) is 37.8 Å². The van der Waals surface area contributed by atoms with Crippen LogP contribution >= 0.6 is 0 Å². The number of amides is 2. The van der Waals surface area contributed by atoms with E-state index in [1.54, 1.807) is 0 Å². The number of carbonyl (C=O) groups is 2. The number of nitrogens with one attached hydrogen (secondary N) is 1. The van der Waals surface area contributed by atoms with Crippen molar-refractivity contribution in [1.82, 2.24) is 10.2 Å². The molecule has 2 rings (SSSR count). The Morgan fingerprint density at radius 1 is 1.38 bits per heavy atom. The smallest absolute Gasteiger partial charge is 0.224 e.